The van der Waals surface area contributed by atoms with E-state index in [9.17, 15) is 9.59 Å². The van der Waals surface area contributed by atoms with E-state index in [1.165, 1.54) is 10.5 Å². The van der Waals surface area contributed by atoms with Gasteiger partial charge in [0.1, 0.15) is 11.3 Å². The molecule has 0 bridgehead atoms. The van der Waals surface area contributed by atoms with Crippen LogP contribution in [-0.4, -0.2) is 47.1 Å². The molecule has 146 valence electrons. The standard InChI is InChI=1S/C21H29N3O3/c1-2-27-17-10-8-16(9-11-17)18-7-6-14-23(18)15-24-19(25)21(22-20(24)26)12-4-3-5-13-21/h8-11,18H,2-7,12-15H2,1H3,(H,22,26)/t18-/m1/s1. The van der Waals surface area contributed by atoms with Crippen molar-refractivity contribution < 1.29 is 14.3 Å². The smallest absolute Gasteiger partial charge is 0.326 e. The second kappa shape index (κ2) is 7.50. The van der Waals surface area contributed by atoms with E-state index in [-0.39, 0.29) is 18.0 Å². The van der Waals surface area contributed by atoms with Crippen molar-refractivity contribution in [1.82, 2.24) is 15.1 Å². The van der Waals surface area contributed by atoms with Crippen LogP contribution < -0.4 is 10.1 Å². The fraction of sp³-hybridized carbons (Fsp3) is 0.619. The van der Waals surface area contributed by atoms with Crippen LogP contribution in [0.25, 0.3) is 0 Å². The number of hydrogen-bond acceptors (Lipinski definition) is 4. The molecule has 2 saturated heterocycles. The number of rotatable bonds is 5. The number of carbonyl (C=O) groups is 2. The molecule has 1 aromatic rings. The highest BCUT2D eigenvalue weighted by atomic mass is 16.5. The second-order valence-corrected chi connectivity index (χ2v) is 7.92. The lowest BCUT2D eigenvalue weighted by molar-refractivity contribution is -0.134. The van der Waals surface area contributed by atoms with Gasteiger partial charge in [-0.25, -0.2) is 9.69 Å². The highest BCUT2D eigenvalue weighted by Gasteiger charge is 2.51. The first-order chi connectivity index (χ1) is 13.1. The lowest BCUT2D eigenvalue weighted by atomic mass is 9.82. The van der Waals surface area contributed by atoms with Gasteiger partial charge in [-0.15, -0.1) is 0 Å². The molecule has 1 aliphatic carbocycles. The number of nitrogens with one attached hydrogen (secondary N) is 1. The van der Waals surface area contributed by atoms with Gasteiger partial charge in [-0.05, 0) is 50.3 Å². The Morgan fingerprint density at radius 3 is 2.56 bits per heavy atom. The molecule has 6 nitrogen and oxygen atoms in total. The zero-order valence-corrected chi connectivity index (χ0v) is 16.1. The number of imide groups is 1. The molecular formula is C21H29N3O3. The van der Waals surface area contributed by atoms with Gasteiger partial charge in [0.25, 0.3) is 5.91 Å². The molecule has 0 aromatic heterocycles. The number of carbonyl (C=O) groups excluding carboxylic acids is 2. The van der Waals surface area contributed by atoms with E-state index in [4.69, 9.17) is 4.74 Å². The average Bonchev–Trinajstić information content (AvgIpc) is 3.23. The van der Waals surface area contributed by atoms with Crippen LogP contribution in [0, 0.1) is 0 Å². The lowest BCUT2D eigenvalue weighted by Crippen LogP contribution is -2.49. The fourth-order valence-corrected chi connectivity index (χ4v) is 4.81. The summed E-state index contributed by atoms with van der Waals surface area (Å²) in [5, 5.41) is 3.01. The Bertz CT molecular complexity index is 697. The van der Waals surface area contributed by atoms with E-state index in [1.54, 1.807) is 0 Å². The third-order valence-corrected chi connectivity index (χ3v) is 6.22. The SMILES string of the molecule is CCOc1ccc([C@H]2CCCN2CN2C(=O)NC3(CCCCC3)C2=O)cc1. The number of hydrogen-bond donors (Lipinski definition) is 1. The summed E-state index contributed by atoms with van der Waals surface area (Å²) in [4.78, 5) is 29.3. The summed E-state index contributed by atoms with van der Waals surface area (Å²) in [7, 11) is 0. The van der Waals surface area contributed by atoms with Gasteiger partial charge in [0, 0.05) is 12.6 Å². The topological polar surface area (TPSA) is 61.9 Å². The molecule has 27 heavy (non-hydrogen) atoms. The molecule has 4 rings (SSSR count). The van der Waals surface area contributed by atoms with Gasteiger partial charge in [-0.2, -0.15) is 0 Å². The Morgan fingerprint density at radius 2 is 1.85 bits per heavy atom. The lowest BCUT2D eigenvalue weighted by Gasteiger charge is -2.32. The van der Waals surface area contributed by atoms with E-state index in [0.717, 1.165) is 57.2 Å². The van der Waals surface area contributed by atoms with Crippen LogP contribution in [0.1, 0.15) is 63.5 Å². The summed E-state index contributed by atoms with van der Waals surface area (Å²) in [6.45, 7) is 3.92. The molecule has 1 spiro atoms. The number of benzene rings is 1. The molecule has 6 heteroatoms. The molecule has 3 aliphatic rings. The molecule has 1 saturated carbocycles. The van der Waals surface area contributed by atoms with E-state index in [0.29, 0.717) is 13.3 Å². The Labute approximate surface area is 160 Å². The molecular weight excluding hydrogens is 342 g/mol. The van der Waals surface area contributed by atoms with Crippen molar-refractivity contribution in [1.29, 1.82) is 0 Å². The molecule has 3 amide bonds. The second-order valence-electron chi connectivity index (χ2n) is 7.92. The quantitative estimate of drug-likeness (QED) is 0.806. The van der Waals surface area contributed by atoms with Gasteiger partial charge in [0.15, 0.2) is 0 Å². The normalized spacial score (nSPS) is 25.2. The van der Waals surface area contributed by atoms with Gasteiger partial charge in [0.05, 0.1) is 13.3 Å². The molecule has 0 unspecified atom stereocenters. The minimum atomic E-state index is -0.635. The van der Waals surface area contributed by atoms with Crippen molar-refractivity contribution in [2.75, 3.05) is 19.8 Å². The summed E-state index contributed by atoms with van der Waals surface area (Å²) in [5.41, 5.74) is 0.583. The highest BCUT2D eigenvalue weighted by Crippen LogP contribution is 2.36. The predicted molar refractivity (Wildman–Crippen MR) is 102 cm³/mol. The zero-order valence-electron chi connectivity index (χ0n) is 16.1. The van der Waals surface area contributed by atoms with Gasteiger partial charge in [-0.3, -0.25) is 9.69 Å². The fourth-order valence-electron chi connectivity index (χ4n) is 4.81. The van der Waals surface area contributed by atoms with Crippen molar-refractivity contribution in [2.45, 2.75) is 63.5 Å². The Kier molecular flexibility index (Phi) is 5.08. The average molecular weight is 371 g/mol. The molecule has 2 heterocycles. The maximum Gasteiger partial charge on any atom is 0.326 e. The van der Waals surface area contributed by atoms with E-state index in [2.05, 4.69) is 22.3 Å². The number of amides is 3. The maximum absolute atomic E-state index is 13.0. The molecule has 1 atom stereocenters. The van der Waals surface area contributed by atoms with E-state index < -0.39 is 5.54 Å². The summed E-state index contributed by atoms with van der Waals surface area (Å²) in [5.74, 6) is 0.851. The van der Waals surface area contributed by atoms with Crippen molar-refractivity contribution in [3.63, 3.8) is 0 Å². The zero-order chi connectivity index (χ0) is 18.9. The minimum Gasteiger partial charge on any atom is -0.494 e. The van der Waals surface area contributed by atoms with E-state index in [1.807, 2.05) is 19.1 Å². The number of nitrogens with zero attached hydrogens (tertiary/aromatic N) is 2. The molecule has 2 aliphatic heterocycles. The molecule has 0 radical (unpaired) electrons. The largest absolute Gasteiger partial charge is 0.494 e. The van der Waals surface area contributed by atoms with Crippen LogP contribution in [0.4, 0.5) is 4.79 Å². The van der Waals surface area contributed by atoms with Crippen molar-refractivity contribution in [3.8, 4) is 5.75 Å². The van der Waals surface area contributed by atoms with Crippen LogP contribution in [-0.2, 0) is 4.79 Å². The molecule has 1 N–H and O–H groups in total. The van der Waals surface area contributed by atoms with Gasteiger partial charge < -0.3 is 10.1 Å². The minimum absolute atomic E-state index is 0.0236. The van der Waals surface area contributed by atoms with Crippen LogP contribution in [0.15, 0.2) is 24.3 Å². The van der Waals surface area contributed by atoms with Crippen molar-refractivity contribution in [3.05, 3.63) is 29.8 Å². The van der Waals surface area contributed by atoms with Crippen molar-refractivity contribution >= 4 is 11.9 Å². The summed E-state index contributed by atoms with van der Waals surface area (Å²) in [6.07, 6.45) is 6.84. The van der Waals surface area contributed by atoms with Crippen LogP contribution in [0.5, 0.6) is 5.75 Å². The first-order valence-corrected chi connectivity index (χ1v) is 10.2. The van der Waals surface area contributed by atoms with Crippen LogP contribution in [0.2, 0.25) is 0 Å². The predicted octanol–water partition coefficient (Wildman–Crippen LogP) is 3.43. The summed E-state index contributed by atoms with van der Waals surface area (Å²) < 4.78 is 5.53. The third kappa shape index (κ3) is 3.43. The van der Waals surface area contributed by atoms with Gasteiger partial charge in [-0.1, -0.05) is 31.4 Å². The van der Waals surface area contributed by atoms with Crippen molar-refractivity contribution in [2.24, 2.45) is 0 Å². The summed E-state index contributed by atoms with van der Waals surface area (Å²) >= 11 is 0. The Hall–Kier alpha value is -2.08. The third-order valence-electron chi connectivity index (χ3n) is 6.22. The number of urea groups is 1. The number of ether oxygens (including phenoxy) is 1. The summed E-state index contributed by atoms with van der Waals surface area (Å²) in [6, 6.07) is 8.22. The Balaban J connectivity index is 1.46. The van der Waals surface area contributed by atoms with Gasteiger partial charge in [0.2, 0.25) is 0 Å². The monoisotopic (exact) mass is 371 g/mol. The Morgan fingerprint density at radius 1 is 1.11 bits per heavy atom. The van der Waals surface area contributed by atoms with Crippen LogP contribution >= 0.6 is 0 Å². The first-order valence-electron chi connectivity index (χ1n) is 10.2. The molecule has 3 fully saturated rings. The first kappa shape index (κ1) is 18.3. The number of likely N-dealkylation sites (tertiary alicyclic amines) is 1. The highest BCUT2D eigenvalue weighted by molar-refractivity contribution is 6.07. The maximum atomic E-state index is 13.0. The van der Waals surface area contributed by atoms with Gasteiger partial charge >= 0.3 is 6.03 Å². The molecule has 1 aromatic carbocycles. The van der Waals surface area contributed by atoms with Crippen LogP contribution in [0.3, 0.4) is 0 Å². The van der Waals surface area contributed by atoms with E-state index >= 15 is 0 Å².